The van der Waals surface area contributed by atoms with Crippen LogP contribution in [0.2, 0.25) is 0 Å². The molecular weight excluding hydrogens is 266 g/mol. The van der Waals surface area contributed by atoms with Gasteiger partial charge in [0.15, 0.2) is 0 Å². The summed E-state index contributed by atoms with van der Waals surface area (Å²) in [5, 5.41) is 0. The van der Waals surface area contributed by atoms with Gasteiger partial charge in [-0.3, -0.25) is 0 Å². The van der Waals surface area contributed by atoms with Crippen molar-refractivity contribution in [2.75, 3.05) is 26.4 Å². The monoisotopic (exact) mass is 299 g/mol. The Morgan fingerprint density at radius 2 is 1.86 bits per heavy atom. The van der Waals surface area contributed by atoms with Gasteiger partial charge >= 0.3 is 0 Å². The second-order valence-corrected chi connectivity index (χ2v) is 6.63. The van der Waals surface area contributed by atoms with Crippen molar-refractivity contribution in [3.63, 3.8) is 0 Å². The number of ether oxygens (including phenoxy) is 3. The number of rotatable bonds is 6. The van der Waals surface area contributed by atoms with Crippen molar-refractivity contribution in [2.45, 2.75) is 76.5 Å². The third kappa shape index (κ3) is 3.61. The fourth-order valence-electron chi connectivity index (χ4n) is 4.20. The highest BCUT2D eigenvalue weighted by atomic mass is 16.5. The van der Waals surface area contributed by atoms with Gasteiger partial charge in [0.05, 0.1) is 11.2 Å². The third-order valence-electron chi connectivity index (χ3n) is 5.68. The van der Waals surface area contributed by atoms with Crippen LogP contribution in [-0.4, -0.2) is 43.7 Å². The smallest absolute Gasteiger partial charge is 0.0829 e. The van der Waals surface area contributed by atoms with E-state index in [0.29, 0.717) is 5.92 Å². The first-order chi connectivity index (χ1) is 10.1. The van der Waals surface area contributed by atoms with Gasteiger partial charge in [-0.1, -0.05) is 13.8 Å². The zero-order valence-electron chi connectivity index (χ0n) is 14.0. The van der Waals surface area contributed by atoms with Crippen molar-refractivity contribution in [1.29, 1.82) is 0 Å². The standard InChI is InChI=1S/C17H33NO3/c1-4-17(5-2,20-6-3)15(18)14-7-10-21-16(13-14)8-11-19-12-9-16/h14-15H,4-13,18H2,1-3H3. The predicted octanol–water partition coefficient (Wildman–Crippen LogP) is 2.88. The van der Waals surface area contributed by atoms with Crippen LogP contribution in [0.15, 0.2) is 0 Å². The van der Waals surface area contributed by atoms with E-state index in [0.717, 1.165) is 65.0 Å². The predicted molar refractivity (Wildman–Crippen MR) is 84.4 cm³/mol. The lowest BCUT2D eigenvalue weighted by atomic mass is 9.72. The first-order valence-electron chi connectivity index (χ1n) is 8.72. The Morgan fingerprint density at radius 1 is 1.19 bits per heavy atom. The maximum Gasteiger partial charge on any atom is 0.0829 e. The highest BCUT2D eigenvalue weighted by Gasteiger charge is 2.45. The molecule has 0 saturated carbocycles. The molecule has 0 aromatic rings. The lowest BCUT2D eigenvalue weighted by molar-refractivity contribution is -0.162. The average molecular weight is 299 g/mol. The molecule has 2 aliphatic heterocycles. The molecule has 0 aromatic heterocycles. The minimum Gasteiger partial charge on any atom is -0.381 e. The maximum absolute atomic E-state index is 6.71. The Hall–Kier alpha value is -0.160. The molecule has 2 unspecified atom stereocenters. The van der Waals surface area contributed by atoms with Gasteiger partial charge < -0.3 is 19.9 Å². The molecule has 4 nitrogen and oxygen atoms in total. The van der Waals surface area contributed by atoms with Gasteiger partial charge in [-0.2, -0.15) is 0 Å². The van der Waals surface area contributed by atoms with Crippen molar-refractivity contribution < 1.29 is 14.2 Å². The molecule has 2 N–H and O–H groups in total. The summed E-state index contributed by atoms with van der Waals surface area (Å²) >= 11 is 0. The largest absolute Gasteiger partial charge is 0.381 e. The van der Waals surface area contributed by atoms with E-state index in [2.05, 4.69) is 20.8 Å². The lowest BCUT2D eigenvalue weighted by Crippen LogP contribution is -2.57. The number of hydrogen-bond donors (Lipinski definition) is 1. The molecule has 0 aromatic carbocycles. The molecule has 2 fully saturated rings. The van der Waals surface area contributed by atoms with E-state index in [-0.39, 0.29) is 17.2 Å². The molecule has 2 atom stereocenters. The quantitative estimate of drug-likeness (QED) is 0.819. The van der Waals surface area contributed by atoms with Crippen LogP contribution in [0.3, 0.4) is 0 Å². The van der Waals surface area contributed by atoms with E-state index >= 15 is 0 Å². The molecular formula is C17H33NO3. The first kappa shape index (κ1) is 17.2. The molecule has 21 heavy (non-hydrogen) atoms. The highest BCUT2D eigenvalue weighted by molar-refractivity contribution is 4.99. The Morgan fingerprint density at radius 3 is 2.43 bits per heavy atom. The maximum atomic E-state index is 6.71. The van der Waals surface area contributed by atoms with Crippen LogP contribution in [0, 0.1) is 5.92 Å². The van der Waals surface area contributed by atoms with Gasteiger partial charge in [0, 0.05) is 32.5 Å². The summed E-state index contributed by atoms with van der Waals surface area (Å²) < 4.78 is 17.8. The normalized spacial score (nSPS) is 27.7. The van der Waals surface area contributed by atoms with Crippen LogP contribution in [0.25, 0.3) is 0 Å². The van der Waals surface area contributed by atoms with Gasteiger partial charge in [-0.05, 0) is 51.4 Å². The highest BCUT2D eigenvalue weighted by Crippen LogP contribution is 2.41. The summed E-state index contributed by atoms with van der Waals surface area (Å²) in [4.78, 5) is 0. The van der Waals surface area contributed by atoms with E-state index in [9.17, 15) is 0 Å². The molecule has 2 saturated heterocycles. The van der Waals surface area contributed by atoms with Crippen LogP contribution in [0.1, 0.15) is 59.3 Å². The van der Waals surface area contributed by atoms with Crippen LogP contribution in [0.5, 0.6) is 0 Å². The average Bonchev–Trinajstić information content (AvgIpc) is 2.53. The zero-order valence-corrected chi connectivity index (χ0v) is 14.0. The molecule has 1 spiro atoms. The van der Waals surface area contributed by atoms with Crippen LogP contribution in [0.4, 0.5) is 0 Å². The topological polar surface area (TPSA) is 53.7 Å². The summed E-state index contributed by atoms with van der Waals surface area (Å²) in [6.07, 6.45) is 6.09. The van der Waals surface area contributed by atoms with Gasteiger partial charge in [0.1, 0.15) is 0 Å². The summed E-state index contributed by atoms with van der Waals surface area (Å²) in [7, 11) is 0. The Balaban J connectivity index is 2.08. The van der Waals surface area contributed by atoms with E-state index < -0.39 is 0 Å². The fourth-order valence-corrected chi connectivity index (χ4v) is 4.20. The summed E-state index contributed by atoms with van der Waals surface area (Å²) in [6, 6.07) is 0.0936. The van der Waals surface area contributed by atoms with E-state index in [1.807, 2.05) is 0 Å². The Kier molecular flexibility index (Phi) is 6.06. The molecule has 0 bridgehead atoms. The number of hydrogen-bond acceptors (Lipinski definition) is 4. The van der Waals surface area contributed by atoms with E-state index in [1.54, 1.807) is 0 Å². The Bertz CT molecular complexity index is 306. The minimum atomic E-state index is -0.177. The second kappa shape index (κ2) is 7.40. The third-order valence-corrected chi connectivity index (χ3v) is 5.68. The second-order valence-electron chi connectivity index (χ2n) is 6.63. The van der Waals surface area contributed by atoms with Gasteiger partial charge in [-0.25, -0.2) is 0 Å². The molecule has 0 aliphatic carbocycles. The fraction of sp³-hybridized carbons (Fsp3) is 1.00. The van der Waals surface area contributed by atoms with Crippen molar-refractivity contribution >= 4 is 0 Å². The molecule has 4 heteroatoms. The van der Waals surface area contributed by atoms with Gasteiger partial charge in [0.25, 0.3) is 0 Å². The minimum absolute atomic E-state index is 0.0121. The van der Waals surface area contributed by atoms with Crippen molar-refractivity contribution in [2.24, 2.45) is 11.7 Å². The van der Waals surface area contributed by atoms with E-state index in [4.69, 9.17) is 19.9 Å². The lowest BCUT2D eigenvalue weighted by Gasteiger charge is -2.48. The van der Waals surface area contributed by atoms with Crippen LogP contribution < -0.4 is 5.73 Å². The summed E-state index contributed by atoms with van der Waals surface area (Å²) in [5.41, 5.74) is 6.55. The van der Waals surface area contributed by atoms with Crippen molar-refractivity contribution in [3.8, 4) is 0 Å². The van der Waals surface area contributed by atoms with Gasteiger partial charge in [-0.15, -0.1) is 0 Å². The molecule has 0 amide bonds. The molecule has 2 heterocycles. The van der Waals surface area contributed by atoms with E-state index in [1.165, 1.54) is 0 Å². The first-order valence-corrected chi connectivity index (χ1v) is 8.72. The molecule has 124 valence electrons. The number of nitrogens with two attached hydrogens (primary N) is 1. The van der Waals surface area contributed by atoms with Crippen LogP contribution in [-0.2, 0) is 14.2 Å². The molecule has 0 radical (unpaired) electrons. The van der Waals surface area contributed by atoms with Crippen LogP contribution >= 0.6 is 0 Å². The summed E-state index contributed by atoms with van der Waals surface area (Å²) in [5.74, 6) is 0.489. The van der Waals surface area contributed by atoms with Gasteiger partial charge in [0.2, 0.25) is 0 Å². The SMILES string of the molecule is CCOC(CC)(CC)C(N)C1CCOC2(CCOCC2)C1. The zero-order chi connectivity index (χ0) is 15.3. The van der Waals surface area contributed by atoms with Crippen molar-refractivity contribution in [3.05, 3.63) is 0 Å². The molecule has 2 rings (SSSR count). The molecule has 2 aliphatic rings. The Labute approximate surface area is 129 Å². The summed E-state index contributed by atoms with van der Waals surface area (Å²) in [6.45, 7) is 9.66. The van der Waals surface area contributed by atoms with Crippen molar-refractivity contribution in [1.82, 2.24) is 0 Å².